The predicted octanol–water partition coefficient (Wildman–Crippen LogP) is 1.98. The van der Waals surface area contributed by atoms with Gasteiger partial charge in [0.2, 0.25) is 0 Å². The van der Waals surface area contributed by atoms with Gasteiger partial charge in [-0.05, 0) is 36.9 Å². The normalized spacial score (nSPS) is 17.0. The second-order valence-electron chi connectivity index (χ2n) is 7.07. The van der Waals surface area contributed by atoms with Crippen molar-refractivity contribution in [1.29, 1.82) is 0 Å². The Labute approximate surface area is 166 Å². The Morgan fingerprint density at radius 3 is 2.57 bits per heavy atom. The van der Waals surface area contributed by atoms with Crippen LogP contribution in [0.25, 0.3) is 0 Å². The van der Waals surface area contributed by atoms with E-state index in [1.165, 1.54) is 12.1 Å². The fourth-order valence-corrected chi connectivity index (χ4v) is 3.91. The molecule has 148 valence electrons. The number of halogens is 3. The summed E-state index contributed by atoms with van der Waals surface area (Å²) in [4.78, 5) is 13.8. The minimum Gasteiger partial charge on any atom is -0.381 e. The Hall–Kier alpha value is -2.01. The molecule has 0 atom stereocenters. The van der Waals surface area contributed by atoms with Crippen molar-refractivity contribution >= 4 is 36.8 Å². The van der Waals surface area contributed by atoms with Gasteiger partial charge in [-0.25, -0.2) is 4.98 Å². The smallest absolute Gasteiger partial charge is 0.381 e. The molecular weight excluding hydrogens is 388 g/mol. The average molecular weight is 408 g/mol. The summed E-state index contributed by atoms with van der Waals surface area (Å²) in [6.07, 6.45) is -1.73. The maximum absolute atomic E-state index is 13.1. The van der Waals surface area contributed by atoms with Crippen molar-refractivity contribution < 1.29 is 13.2 Å². The van der Waals surface area contributed by atoms with Crippen LogP contribution in [0.4, 0.5) is 24.8 Å². The summed E-state index contributed by atoms with van der Waals surface area (Å²) in [6.45, 7) is 4.16. The molecule has 1 aliphatic rings. The molecule has 0 amide bonds. The highest BCUT2D eigenvalue weighted by molar-refractivity contribution is 7.99. The summed E-state index contributed by atoms with van der Waals surface area (Å²) in [5.41, 5.74) is 11.0. The Kier molecular flexibility index (Phi) is 5.76. The molecule has 4 N–H and O–H groups in total. The van der Waals surface area contributed by atoms with Crippen LogP contribution in [0.1, 0.15) is 25.5 Å². The zero-order valence-electron chi connectivity index (χ0n) is 15.3. The van der Waals surface area contributed by atoms with Crippen molar-refractivity contribution in [2.45, 2.75) is 35.9 Å². The van der Waals surface area contributed by atoms with Crippen LogP contribution in [0, 0.1) is 5.41 Å². The first-order valence-corrected chi connectivity index (χ1v) is 9.53. The number of alkyl halides is 3. The molecule has 1 fully saturated rings. The predicted molar refractivity (Wildman–Crippen MR) is 104 cm³/mol. The lowest BCUT2D eigenvalue weighted by atomic mass is 9.80. The van der Waals surface area contributed by atoms with Gasteiger partial charge in [-0.2, -0.15) is 13.2 Å². The maximum atomic E-state index is 13.1. The molecule has 3 heterocycles. The summed E-state index contributed by atoms with van der Waals surface area (Å²) >= 11 is 0.744. The van der Waals surface area contributed by atoms with Crippen molar-refractivity contribution in [3.05, 3.63) is 24.0 Å². The van der Waals surface area contributed by atoms with E-state index in [2.05, 4.69) is 21.9 Å². The number of nitrogens with zero attached hydrogens (tertiary/aromatic N) is 4. The second kappa shape index (κ2) is 7.78. The Morgan fingerprint density at radius 1 is 1.29 bits per heavy atom. The number of hydrogen-bond acceptors (Lipinski definition) is 7. The zero-order valence-corrected chi connectivity index (χ0v) is 16.1. The van der Waals surface area contributed by atoms with Gasteiger partial charge in [0.15, 0.2) is 11.5 Å². The van der Waals surface area contributed by atoms with E-state index in [0.717, 1.165) is 30.8 Å². The Balaban J connectivity index is 1.84. The number of aromatic nitrogens is 3. The number of rotatable bonds is 4. The minimum atomic E-state index is -4.58. The van der Waals surface area contributed by atoms with E-state index in [0.29, 0.717) is 25.5 Å². The monoisotopic (exact) mass is 408 g/mol. The molecule has 0 unspecified atom stereocenters. The molecule has 3 rings (SSSR count). The van der Waals surface area contributed by atoms with E-state index in [9.17, 15) is 13.2 Å². The molecule has 0 saturated carbocycles. The van der Waals surface area contributed by atoms with E-state index in [4.69, 9.17) is 19.3 Å². The highest BCUT2D eigenvalue weighted by atomic mass is 32.2. The number of anilines is 2. The summed E-state index contributed by atoms with van der Waals surface area (Å²) in [5, 5.41) is 0.114. The molecule has 1 aliphatic heterocycles. The van der Waals surface area contributed by atoms with E-state index >= 15 is 0 Å². The first-order chi connectivity index (χ1) is 13.1. The van der Waals surface area contributed by atoms with Gasteiger partial charge in [-0.15, -0.1) is 0 Å². The molecule has 2 aromatic rings. The molecular formula is C17H20BF3N6S. The number of nitrogens with two attached hydrogens (primary N) is 2. The van der Waals surface area contributed by atoms with E-state index in [1.807, 2.05) is 4.90 Å². The van der Waals surface area contributed by atoms with Crippen molar-refractivity contribution in [2.24, 2.45) is 11.1 Å². The quantitative estimate of drug-likeness (QED) is 0.748. The van der Waals surface area contributed by atoms with Crippen molar-refractivity contribution in [3.8, 4) is 0 Å². The molecule has 1 saturated heterocycles. The van der Waals surface area contributed by atoms with Gasteiger partial charge < -0.3 is 16.4 Å². The second-order valence-corrected chi connectivity index (χ2v) is 8.11. The van der Waals surface area contributed by atoms with Crippen molar-refractivity contribution in [3.63, 3.8) is 0 Å². The fourth-order valence-electron chi connectivity index (χ4n) is 3.00. The molecule has 28 heavy (non-hydrogen) atoms. The van der Waals surface area contributed by atoms with E-state index in [1.54, 1.807) is 0 Å². The average Bonchev–Trinajstić information content (AvgIpc) is 2.65. The van der Waals surface area contributed by atoms with E-state index in [-0.39, 0.29) is 26.7 Å². The van der Waals surface area contributed by atoms with Crippen LogP contribution in [0.15, 0.2) is 28.3 Å². The fraction of sp³-hybridized carbons (Fsp3) is 0.471. The van der Waals surface area contributed by atoms with Crippen molar-refractivity contribution in [1.82, 2.24) is 15.0 Å². The number of pyridine rings is 1. The van der Waals surface area contributed by atoms with Gasteiger partial charge in [0.1, 0.15) is 18.7 Å². The summed E-state index contributed by atoms with van der Waals surface area (Å²) < 4.78 is 39.4. The largest absolute Gasteiger partial charge is 0.434 e. The molecule has 0 bridgehead atoms. The topological polar surface area (TPSA) is 93.9 Å². The third kappa shape index (κ3) is 4.35. The summed E-state index contributed by atoms with van der Waals surface area (Å²) in [7, 11) is 6.05. The Bertz CT molecular complexity index is 855. The van der Waals surface area contributed by atoms with Crippen molar-refractivity contribution in [2.75, 3.05) is 30.3 Å². The highest BCUT2D eigenvalue weighted by Crippen LogP contribution is 2.39. The van der Waals surface area contributed by atoms with E-state index < -0.39 is 11.9 Å². The third-order valence-corrected chi connectivity index (χ3v) is 5.95. The van der Waals surface area contributed by atoms with Gasteiger partial charge in [-0.1, -0.05) is 18.7 Å². The third-order valence-electron chi connectivity index (χ3n) is 4.91. The first-order valence-electron chi connectivity index (χ1n) is 8.71. The van der Waals surface area contributed by atoms with Crippen LogP contribution in [-0.2, 0) is 6.18 Å². The lowest BCUT2D eigenvalue weighted by molar-refractivity contribution is -0.143. The van der Waals surface area contributed by atoms with Gasteiger partial charge in [0.05, 0.1) is 0 Å². The van der Waals surface area contributed by atoms with Crippen LogP contribution >= 0.6 is 11.8 Å². The Morgan fingerprint density at radius 2 is 1.96 bits per heavy atom. The lowest BCUT2D eigenvalue weighted by Gasteiger charge is -2.39. The molecule has 0 aromatic carbocycles. The van der Waals surface area contributed by atoms with Gasteiger partial charge >= 0.3 is 6.18 Å². The maximum Gasteiger partial charge on any atom is 0.434 e. The van der Waals surface area contributed by atoms with Crippen LogP contribution in [0.2, 0.25) is 0 Å². The molecule has 0 aliphatic carbocycles. The van der Waals surface area contributed by atoms with Crippen LogP contribution in [0.5, 0.6) is 0 Å². The number of hydrogen-bond donors (Lipinski definition) is 2. The molecule has 2 radical (unpaired) electrons. The summed E-state index contributed by atoms with van der Waals surface area (Å²) in [6, 6.07) is 2.73. The van der Waals surface area contributed by atoms with Gasteiger partial charge in [0, 0.05) is 29.8 Å². The standard InChI is InChI=1S/C17H20BF3N6S/c1-16(9-22)4-7-27(8-5-16)14-12(18)25-15(13(23)26-14)28-10-3-2-6-24-11(10)17(19,20)21/h2-3,6H,4-5,7-9,22H2,1H3,(H2,23,26). The highest BCUT2D eigenvalue weighted by Gasteiger charge is 2.36. The van der Waals surface area contributed by atoms with Crippen LogP contribution in [0.3, 0.4) is 0 Å². The summed E-state index contributed by atoms with van der Waals surface area (Å²) in [5.74, 6) is 0.474. The SMILES string of the molecule is [B]c1nc(Sc2cccnc2C(F)(F)F)c(N)nc1N1CCC(C)(CN)CC1. The van der Waals surface area contributed by atoms with Gasteiger partial charge in [-0.3, -0.25) is 9.97 Å². The van der Waals surface area contributed by atoms with Crippen LogP contribution < -0.4 is 22.0 Å². The molecule has 0 spiro atoms. The molecule has 2 aromatic heterocycles. The zero-order chi connectivity index (χ0) is 20.5. The van der Waals surface area contributed by atoms with Gasteiger partial charge in [0.25, 0.3) is 0 Å². The first kappa shape index (κ1) is 20.7. The minimum absolute atomic E-state index is 0.0262. The number of piperidine rings is 1. The molecule has 6 nitrogen and oxygen atoms in total. The van der Waals surface area contributed by atoms with Crippen LogP contribution in [-0.4, -0.2) is 42.4 Å². The number of nitrogen functional groups attached to an aromatic ring is 1. The molecule has 11 heteroatoms. The lowest BCUT2D eigenvalue weighted by Crippen LogP contribution is -2.44.